The summed E-state index contributed by atoms with van der Waals surface area (Å²) in [5.74, 6) is -2.00. The molecular formula is C29H29F3N2O4. The summed E-state index contributed by atoms with van der Waals surface area (Å²) in [7, 11) is 0. The van der Waals surface area contributed by atoms with Gasteiger partial charge < -0.3 is 15.3 Å². The molecule has 0 bridgehead atoms. The van der Waals surface area contributed by atoms with Gasteiger partial charge in [-0.2, -0.15) is 13.2 Å². The summed E-state index contributed by atoms with van der Waals surface area (Å²) in [6.45, 7) is 7.43. The van der Waals surface area contributed by atoms with Crippen molar-refractivity contribution in [3.63, 3.8) is 0 Å². The van der Waals surface area contributed by atoms with Gasteiger partial charge in [-0.05, 0) is 74.7 Å². The van der Waals surface area contributed by atoms with Crippen molar-refractivity contribution in [3.05, 3.63) is 89.0 Å². The van der Waals surface area contributed by atoms with Crippen LogP contribution in [0.3, 0.4) is 0 Å². The van der Waals surface area contributed by atoms with Crippen LogP contribution in [0.25, 0.3) is 11.1 Å². The van der Waals surface area contributed by atoms with E-state index in [1.807, 2.05) is 27.7 Å². The second kappa shape index (κ2) is 11.5. The topological polar surface area (TPSA) is 86.7 Å². The zero-order valence-electron chi connectivity index (χ0n) is 21.5. The van der Waals surface area contributed by atoms with E-state index in [9.17, 15) is 32.7 Å². The molecule has 2 N–H and O–H groups in total. The van der Waals surface area contributed by atoms with E-state index in [2.05, 4.69) is 5.32 Å². The molecule has 0 aliphatic heterocycles. The highest BCUT2D eigenvalue weighted by Crippen LogP contribution is 2.32. The number of benzene rings is 3. The van der Waals surface area contributed by atoms with Crippen molar-refractivity contribution >= 4 is 23.5 Å². The molecule has 0 heterocycles. The number of rotatable bonds is 8. The Morgan fingerprint density at radius 2 is 1.47 bits per heavy atom. The lowest BCUT2D eigenvalue weighted by molar-refractivity contribution is -0.138. The molecule has 0 atom stereocenters. The Bertz CT molecular complexity index is 1320. The van der Waals surface area contributed by atoms with Crippen LogP contribution in [0.5, 0.6) is 0 Å². The average molecular weight is 527 g/mol. The number of amides is 2. The second-order valence-corrected chi connectivity index (χ2v) is 9.43. The number of alkyl halides is 3. The number of anilines is 1. The minimum absolute atomic E-state index is 0.145. The molecular weight excluding hydrogens is 497 g/mol. The van der Waals surface area contributed by atoms with Gasteiger partial charge in [0.2, 0.25) is 0 Å². The quantitative estimate of drug-likeness (QED) is 0.350. The van der Waals surface area contributed by atoms with Crippen LogP contribution in [0, 0.1) is 0 Å². The van der Waals surface area contributed by atoms with Gasteiger partial charge >= 0.3 is 12.1 Å². The van der Waals surface area contributed by atoms with E-state index in [0.717, 1.165) is 12.1 Å². The molecule has 0 saturated heterocycles. The molecule has 0 spiro atoms. The molecule has 38 heavy (non-hydrogen) atoms. The fourth-order valence-corrected chi connectivity index (χ4v) is 4.33. The average Bonchev–Trinajstić information content (AvgIpc) is 2.83. The number of nitrogens with zero attached hydrogens (tertiary/aromatic N) is 1. The number of carbonyl (C=O) groups excluding carboxylic acids is 2. The summed E-state index contributed by atoms with van der Waals surface area (Å²) >= 11 is 0. The molecule has 0 aliphatic rings. The number of carboxylic acid groups (broad SMARTS) is 1. The number of hydrogen-bond acceptors (Lipinski definition) is 3. The third-order valence-electron chi connectivity index (χ3n) is 5.96. The number of carbonyl (C=O) groups is 3. The van der Waals surface area contributed by atoms with E-state index in [-0.39, 0.29) is 41.2 Å². The normalized spacial score (nSPS) is 11.5. The molecule has 0 fully saturated rings. The Kier molecular flexibility index (Phi) is 8.60. The molecule has 3 rings (SSSR count). The highest BCUT2D eigenvalue weighted by atomic mass is 19.4. The first kappa shape index (κ1) is 28.4. The fraction of sp³-hybridized carbons (Fsp3) is 0.276. The minimum atomic E-state index is -4.48. The number of halogens is 3. The van der Waals surface area contributed by atoms with Crippen LogP contribution in [0.1, 0.15) is 59.5 Å². The lowest BCUT2D eigenvalue weighted by Gasteiger charge is -2.31. The summed E-state index contributed by atoms with van der Waals surface area (Å²) in [6.07, 6.45) is -4.78. The predicted molar refractivity (Wildman–Crippen MR) is 139 cm³/mol. The van der Waals surface area contributed by atoms with Gasteiger partial charge in [-0.1, -0.05) is 36.4 Å². The largest absolute Gasteiger partial charge is 0.481 e. The van der Waals surface area contributed by atoms with E-state index < -0.39 is 23.6 Å². The standard InChI is InChI=1S/C29H29F3N2O4/c1-17(2)34(18(3)4)28(38)24-15-19(16-26(35)36)9-14-25(24)33-27(37)23-8-6-5-7-22(23)20-10-12-21(13-11-20)29(30,31)32/h5-15,17-18H,16H2,1-4H3,(H,33,37)(H,35,36). The maximum absolute atomic E-state index is 13.5. The summed E-state index contributed by atoms with van der Waals surface area (Å²) in [4.78, 5) is 39.8. The monoisotopic (exact) mass is 526 g/mol. The Labute approximate surface area is 219 Å². The van der Waals surface area contributed by atoms with Gasteiger partial charge in [0.15, 0.2) is 0 Å². The lowest BCUT2D eigenvalue weighted by atomic mass is 9.97. The smallest absolute Gasteiger partial charge is 0.416 e. The van der Waals surface area contributed by atoms with Crippen LogP contribution in [-0.4, -0.2) is 39.9 Å². The first-order valence-electron chi connectivity index (χ1n) is 12.0. The Morgan fingerprint density at radius 3 is 2.03 bits per heavy atom. The van der Waals surface area contributed by atoms with E-state index in [4.69, 9.17) is 0 Å². The molecule has 2 amide bonds. The summed E-state index contributed by atoms with van der Waals surface area (Å²) in [6, 6.07) is 15.1. The van der Waals surface area contributed by atoms with Gasteiger partial charge in [-0.25, -0.2) is 0 Å². The molecule has 3 aromatic rings. The molecule has 0 aliphatic carbocycles. The molecule has 0 saturated carbocycles. The van der Waals surface area contributed by atoms with Crippen LogP contribution in [0.2, 0.25) is 0 Å². The van der Waals surface area contributed by atoms with Crippen LogP contribution < -0.4 is 5.32 Å². The highest BCUT2D eigenvalue weighted by molar-refractivity contribution is 6.12. The molecule has 0 unspecified atom stereocenters. The molecule has 6 nitrogen and oxygen atoms in total. The number of aliphatic carboxylic acids is 1. The van der Waals surface area contributed by atoms with Crippen molar-refractivity contribution in [3.8, 4) is 11.1 Å². The Hall–Kier alpha value is -4.14. The minimum Gasteiger partial charge on any atom is -0.481 e. The Balaban J connectivity index is 2.02. The summed E-state index contributed by atoms with van der Waals surface area (Å²) in [5, 5.41) is 12.0. The van der Waals surface area contributed by atoms with Crippen molar-refractivity contribution in [1.82, 2.24) is 4.90 Å². The number of carboxylic acids is 1. The Morgan fingerprint density at radius 1 is 0.868 bits per heavy atom. The van der Waals surface area contributed by atoms with Gasteiger partial charge in [0.05, 0.1) is 23.2 Å². The number of hydrogen-bond donors (Lipinski definition) is 2. The first-order chi connectivity index (χ1) is 17.8. The zero-order chi connectivity index (χ0) is 28.2. The third-order valence-corrected chi connectivity index (χ3v) is 5.96. The zero-order valence-corrected chi connectivity index (χ0v) is 21.5. The molecule has 9 heteroatoms. The third kappa shape index (κ3) is 6.59. The first-order valence-corrected chi connectivity index (χ1v) is 12.0. The molecule has 0 radical (unpaired) electrons. The van der Waals surface area contributed by atoms with Crippen LogP contribution in [0.15, 0.2) is 66.7 Å². The van der Waals surface area contributed by atoms with Crippen molar-refractivity contribution in [2.75, 3.05) is 5.32 Å². The highest BCUT2D eigenvalue weighted by Gasteiger charge is 2.30. The van der Waals surface area contributed by atoms with Crippen molar-refractivity contribution in [2.24, 2.45) is 0 Å². The van der Waals surface area contributed by atoms with Crippen molar-refractivity contribution in [1.29, 1.82) is 0 Å². The van der Waals surface area contributed by atoms with Gasteiger partial charge in [0.1, 0.15) is 0 Å². The molecule has 200 valence electrons. The van der Waals surface area contributed by atoms with Gasteiger partial charge in [-0.3, -0.25) is 14.4 Å². The SMILES string of the molecule is CC(C)N(C(=O)c1cc(CC(=O)O)ccc1NC(=O)c1ccccc1-c1ccc(C(F)(F)F)cc1)C(C)C. The molecule has 0 aromatic heterocycles. The lowest BCUT2D eigenvalue weighted by Crippen LogP contribution is -2.42. The molecule has 3 aromatic carbocycles. The van der Waals surface area contributed by atoms with Crippen molar-refractivity contribution in [2.45, 2.75) is 52.4 Å². The van der Waals surface area contributed by atoms with E-state index in [0.29, 0.717) is 16.7 Å². The van der Waals surface area contributed by atoms with Gasteiger partial charge in [-0.15, -0.1) is 0 Å². The van der Waals surface area contributed by atoms with Crippen molar-refractivity contribution < 1.29 is 32.7 Å². The van der Waals surface area contributed by atoms with Crippen LogP contribution in [-0.2, 0) is 17.4 Å². The second-order valence-electron chi connectivity index (χ2n) is 9.43. The van der Waals surface area contributed by atoms with E-state index in [1.165, 1.54) is 36.4 Å². The maximum Gasteiger partial charge on any atom is 0.416 e. The summed E-state index contributed by atoms with van der Waals surface area (Å²) < 4.78 is 39.0. The number of nitrogens with one attached hydrogen (secondary N) is 1. The van der Waals surface area contributed by atoms with Crippen LogP contribution >= 0.6 is 0 Å². The van der Waals surface area contributed by atoms with Gasteiger partial charge in [0, 0.05) is 17.6 Å². The predicted octanol–water partition coefficient (Wildman–Crippen LogP) is 6.51. The summed E-state index contributed by atoms with van der Waals surface area (Å²) in [5.41, 5.74) is 0.978. The fourth-order valence-electron chi connectivity index (χ4n) is 4.33. The van der Waals surface area contributed by atoms with E-state index in [1.54, 1.807) is 23.1 Å². The van der Waals surface area contributed by atoms with Crippen LogP contribution in [0.4, 0.5) is 18.9 Å². The van der Waals surface area contributed by atoms with Gasteiger partial charge in [0.25, 0.3) is 11.8 Å². The maximum atomic E-state index is 13.5. The van der Waals surface area contributed by atoms with E-state index >= 15 is 0 Å².